The Morgan fingerprint density at radius 2 is 1.94 bits per heavy atom. The zero-order chi connectivity index (χ0) is 12.2. The van der Waals surface area contributed by atoms with E-state index in [1.807, 2.05) is 52.0 Å². The maximum Gasteiger partial charge on any atom is 0.229 e. The van der Waals surface area contributed by atoms with Gasteiger partial charge in [-0.25, -0.2) is 0 Å². The minimum atomic E-state index is -0.403. The second kappa shape index (κ2) is 5.01. The maximum absolute atomic E-state index is 11.8. The van der Waals surface area contributed by atoms with Crippen LogP contribution in [0.1, 0.15) is 27.7 Å². The van der Waals surface area contributed by atoms with Gasteiger partial charge in [-0.1, -0.05) is 32.9 Å². The third-order valence-electron chi connectivity index (χ3n) is 2.12. The van der Waals surface area contributed by atoms with Crippen molar-refractivity contribution in [2.75, 3.05) is 11.9 Å². The number of rotatable bonds is 3. The molecule has 0 bridgehead atoms. The smallest absolute Gasteiger partial charge is 0.229 e. The monoisotopic (exact) mass is 221 g/mol. The Morgan fingerprint density at radius 1 is 1.31 bits per heavy atom. The minimum absolute atomic E-state index is 0.0142. The summed E-state index contributed by atoms with van der Waals surface area (Å²) < 4.78 is 5.44. The molecule has 1 N–H and O–H groups in total. The van der Waals surface area contributed by atoms with Gasteiger partial charge in [-0.2, -0.15) is 0 Å². The van der Waals surface area contributed by atoms with E-state index in [0.717, 1.165) is 5.69 Å². The molecule has 0 aliphatic carbocycles. The number of nitrogens with one attached hydrogen (secondary N) is 1. The first kappa shape index (κ1) is 12.6. The number of amides is 1. The Labute approximate surface area is 96.8 Å². The fraction of sp³-hybridized carbons (Fsp3) is 0.462. The van der Waals surface area contributed by atoms with Crippen LogP contribution in [0, 0.1) is 5.41 Å². The predicted octanol–water partition coefficient (Wildman–Crippen LogP) is 3.07. The van der Waals surface area contributed by atoms with Crippen molar-refractivity contribution in [3.8, 4) is 5.75 Å². The first-order chi connectivity index (χ1) is 7.45. The van der Waals surface area contributed by atoms with E-state index in [9.17, 15) is 4.79 Å². The average Bonchev–Trinajstić information content (AvgIpc) is 2.20. The fourth-order valence-corrected chi connectivity index (χ4v) is 1.16. The molecule has 0 fully saturated rings. The van der Waals surface area contributed by atoms with E-state index in [1.165, 1.54) is 0 Å². The van der Waals surface area contributed by atoms with Crippen LogP contribution in [0.4, 0.5) is 5.69 Å². The van der Waals surface area contributed by atoms with Crippen LogP contribution in [0.25, 0.3) is 0 Å². The Bertz CT molecular complexity index is 366. The first-order valence-corrected chi connectivity index (χ1v) is 5.48. The van der Waals surface area contributed by atoms with Crippen molar-refractivity contribution in [3.05, 3.63) is 24.3 Å². The van der Waals surface area contributed by atoms with Gasteiger partial charge in [0.05, 0.1) is 12.3 Å². The number of para-hydroxylation sites is 2. The first-order valence-electron chi connectivity index (χ1n) is 5.48. The van der Waals surface area contributed by atoms with Crippen molar-refractivity contribution in [1.82, 2.24) is 0 Å². The van der Waals surface area contributed by atoms with E-state index in [4.69, 9.17) is 4.74 Å². The Balaban J connectivity index is 2.84. The summed E-state index contributed by atoms with van der Waals surface area (Å²) in [5, 5.41) is 2.87. The van der Waals surface area contributed by atoms with Gasteiger partial charge in [0.1, 0.15) is 5.75 Å². The molecule has 1 aromatic carbocycles. The Hall–Kier alpha value is -1.51. The summed E-state index contributed by atoms with van der Waals surface area (Å²) in [5.74, 6) is 0.697. The molecule has 16 heavy (non-hydrogen) atoms. The molecule has 0 saturated heterocycles. The maximum atomic E-state index is 11.8. The fourth-order valence-electron chi connectivity index (χ4n) is 1.16. The zero-order valence-corrected chi connectivity index (χ0v) is 10.3. The van der Waals surface area contributed by atoms with Gasteiger partial charge >= 0.3 is 0 Å². The number of ether oxygens (including phenoxy) is 1. The molecule has 0 radical (unpaired) electrons. The van der Waals surface area contributed by atoms with Crippen molar-refractivity contribution in [1.29, 1.82) is 0 Å². The highest BCUT2D eigenvalue weighted by atomic mass is 16.5. The molecule has 0 aliphatic heterocycles. The molecule has 1 amide bonds. The van der Waals surface area contributed by atoms with E-state index in [-0.39, 0.29) is 5.91 Å². The molecule has 3 heteroatoms. The van der Waals surface area contributed by atoms with Crippen LogP contribution < -0.4 is 10.1 Å². The lowest BCUT2D eigenvalue weighted by Gasteiger charge is -2.19. The highest BCUT2D eigenvalue weighted by Crippen LogP contribution is 2.26. The van der Waals surface area contributed by atoms with Crippen molar-refractivity contribution in [2.45, 2.75) is 27.7 Å². The quantitative estimate of drug-likeness (QED) is 0.851. The van der Waals surface area contributed by atoms with E-state index >= 15 is 0 Å². The van der Waals surface area contributed by atoms with Crippen LogP contribution >= 0.6 is 0 Å². The largest absolute Gasteiger partial charge is 0.492 e. The molecular weight excluding hydrogens is 202 g/mol. The molecule has 0 saturated carbocycles. The number of anilines is 1. The van der Waals surface area contributed by atoms with E-state index < -0.39 is 5.41 Å². The lowest BCUT2D eigenvalue weighted by Crippen LogP contribution is -2.27. The van der Waals surface area contributed by atoms with Gasteiger partial charge in [-0.05, 0) is 19.1 Å². The van der Waals surface area contributed by atoms with Gasteiger partial charge in [0, 0.05) is 5.41 Å². The molecule has 0 unspecified atom stereocenters. The van der Waals surface area contributed by atoms with Gasteiger partial charge in [0.15, 0.2) is 0 Å². The second-order valence-corrected chi connectivity index (χ2v) is 4.63. The van der Waals surface area contributed by atoms with Gasteiger partial charge in [0.25, 0.3) is 0 Å². The van der Waals surface area contributed by atoms with Crippen molar-refractivity contribution in [2.24, 2.45) is 5.41 Å². The molecular formula is C13H19NO2. The number of carbonyl (C=O) groups excluding carboxylic acids is 1. The normalized spacial score (nSPS) is 11.0. The summed E-state index contributed by atoms with van der Waals surface area (Å²) in [4.78, 5) is 11.8. The van der Waals surface area contributed by atoms with E-state index in [2.05, 4.69) is 5.32 Å². The summed E-state index contributed by atoms with van der Waals surface area (Å²) in [6, 6.07) is 7.45. The lowest BCUT2D eigenvalue weighted by atomic mass is 9.95. The van der Waals surface area contributed by atoms with Crippen molar-refractivity contribution in [3.63, 3.8) is 0 Å². The van der Waals surface area contributed by atoms with E-state index in [0.29, 0.717) is 12.4 Å². The van der Waals surface area contributed by atoms with Gasteiger partial charge in [-0.15, -0.1) is 0 Å². The number of carbonyl (C=O) groups is 1. The molecule has 3 nitrogen and oxygen atoms in total. The summed E-state index contributed by atoms with van der Waals surface area (Å²) >= 11 is 0. The summed E-state index contributed by atoms with van der Waals surface area (Å²) in [7, 11) is 0. The van der Waals surface area contributed by atoms with Crippen LogP contribution in [0.5, 0.6) is 5.75 Å². The van der Waals surface area contributed by atoms with Gasteiger partial charge < -0.3 is 10.1 Å². The number of benzene rings is 1. The Kier molecular flexibility index (Phi) is 3.93. The van der Waals surface area contributed by atoms with Crippen LogP contribution in [0.3, 0.4) is 0 Å². The topological polar surface area (TPSA) is 38.3 Å². The van der Waals surface area contributed by atoms with Crippen molar-refractivity contribution < 1.29 is 9.53 Å². The second-order valence-electron chi connectivity index (χ2n) is 4.63. The van der Waals surface area contributed by atoms with Crippen LogP contribution in [-0.2, 0) is 4.79 Å². The molecule has 0 aromatic heterocycles. The SMILES string of the molecule is CCOc1ccccc1NC(=O)C(C)(C)C. The minimum Gasteiger partial charge on any atom is -0.492 e. The van der Waals surface area contributed by atoms with Crippen LogP contribution in [-0.4, -0.2) is 12.5 Å². The van der Waals surface area contributed by atoms with Gasteiger partial charge in [-0.3, -0.25) is 4.79 Å². The molecule has 0 spiro atoms. The third-order valence-corrected chi connectivity index (χ3v) is 2.12. The summed E-state index contributed by atoms with van der Waals surface area (Å²) in [6.07, 6.45) is 0. The molecule has 1 aromatic rings. The summed E-state index contributed by atoms with van der Waals surface area (Å²) in [6.45, 7) is 8.15. The molecule has 0 heterocycles. The Morgan fingerprint density at radius 3 is 2.50 bits per heavy atom. The highest BCUT2D eigenvalue weighted by molar-refractivity contribution is 5.95. The van der Waals surface area contributed by atoms with Crippen LogP contribution in [0.15, 0.2) is 24.3 Å². The van der Waals surface area contributed by atoms with E-state index in [1.54, 1.807) is 0 Å². The molecule has 0 atom stereocenters. The third kappa shape index (κ3) is 3.26. The number of hydrogen-bond donors (Lipinski definition) is 1. The average molecular weight is 221 g/mol. The van der Waals surface area contributed by atoms with Crippen molar-refractivity contribution >= 4 is 11.6 Å². The van der Waals surface area contributed by atoms with Crippen LogP contribution in [0.2, 0.25) is 0 Å². The lowest BCUT2D eigenvalue weighted by molar-refractivity contribution is -0.123. The molecule has 88 valence electrons. The standard InChI is InChI=1S/C13H19NO2/c1-5-16-11-9-7-6-8-10(11)14-12(15)13(2,3)4/h6-9H,5H2,1-4H3,(H,14,15). The molecule has 0 aliphatic rings. The number of hydrogen-bond acceptors (Lipinski definition) is 2. The zero-order valence-electron chi connectivity index (χ0n) is 10.3. The van der Waals surface area contributed by atoms with Gasteiger partial charge in [0.2, 0.25) is 5.91 Å². The summed E-state index contributed by atoms with van der Waals surface area (Å²) in [5.41, 5.74) is 0.323. The highest BCUT2D eigenvalue weighted by Gasteiger charge is 2.22. The predicted molar refractivity (Wildman–Crippen MR) is 65.7 cm³/mol. The molecule has 1 rings (SSSR count).